The molecule has 0 N–H and O–H groups in total. The van der Waals surface area contributed by atoms with Crippen LogP contribution in [0.25, 0.3) is 0 Å². The van der Waals surface area contributed by atoms with Crippen LogP contribution in [0.4, 0.5) is 18.9 Å². The molecular weight excluding hydrogens is 385 g/mol. The van der Waals surface area contributed by atoms with Gasteiger partial charge in [0.25, 0.3) is 0 Å². The molecule has 2 atom stereocenters. The van der Waals surface area contributed by atoms with Crippen molar-refractivity contribution in [1.29, 1.82) is 5.26 Å². The Labute approximate surface area is 164 Å². The number of carbonyl (C=O) groups is 2. The molecule has 9 heteroatoms. The number of aromatic nitrogens is 2. The van der Waals surface area contributed by atoms with Gasteiger partial charge in [0.15, 0.2) is 17.5 Å². The number of nitriles is 1. The summed E-state index contributed by atoms with van der Waals surface area (Å²) in [7, 11) is 0. The molecule has 29 heavy (non-hydrogen) atoms. The van der Waals surface area contributed by atoms with E-state index < -0.39 is 23.4 Å². The summed E-state index contributed by atoms with van der Waals surface area (Å²) in [6.07, 6.45) is 2.37. The number of benzene rings is 1. The van der Waals surface area contributed by atoms with Crippen molar-refractivity contribution >= 4 is 17.4 Å². The Morgan fingerprint density at radius 3 is 2.62 bits per heavy atom. The molecule has 6 nitrogen and oxygen atoms in total. The normalized spacial score (nSPS) is 21.2. The molecule has 1 saturated heterocycles. The van der Waals surface area contributed by atoms with Crippen molar-refractivity contribution < 1.29 is 22.8 Å². The van der Waals surface area contributed by atoms with Crippen LogP contribution < -0.4 is 4.90 Å². The Hall–Kier alpha value is -3.15. The minimum atomic E-state index is -1.56. The van der Waals surface area contributed by atoms with Crippen molar-refractivity contribution in [2.75, 3.05) is 11.4 Å². The molecule has 0 bridgehead atoms. The molecule has 1 fully saturated rings. The molecule has 0 radical (unpaired) electrons. The third-order valence-corrected chi connectivity index (χ3v) is 5.53. The maximum absolute atomic E-state index is 13.4. The first-order chi connectivity index (χ1) is 13.9. The standard InChI is InChI=1S/C20H17F3N4O2/c21-14-3-11(4-15(22)20(14)23)5-18(28)13-1-2-27-16(7-13)17(9-25-27)26-10-12(8-24)6-19(26)29/h3-4,9,12-13H,1-2,5-7,10H2. The number of carbonyl (C=O) groups excluding carboxylic acids is 2. The van der Waals surface area contributed by atoms with Crippen LogP contribution in [0, 0.1) is 40.6 Å². The molecule has 2 unspecified atom stereocenters. The summed E-state index contributed by atoms with van der Waals surface area (Å²) in [5.41, 5.74) is 1.42. The molecule has 3 heterocycles. The first-order valence-electron chi connectivity index (χ1n) is 9.28. The van der Waals surface area contributed by atoms with Gasteiger partial charge in [-0.1, -0.05) is 0 Å². The Morgan fingerprint density at radius 2 is 1.97 bits per heavy atom. The fraction of sp³-hybridized carbons (Fsp3) is 0.400. The highest BCUT2D eigenvalue weighted by Crippen LogP contribution is 2.33. The van der Waals surface area contributed by atoms with E-state index in [-0.39, 0.29) is 36.0 Å². The number of aryl methyl sites for hydroxylation is 1. The molecule has 2 aliphatic heterocycles. The molecule has 2 aromatic rings. The van der Waals surface area contributed by atoms with Gasteiger partial charge in [-0.15, -0.1) is 0 Å². The van der Waals surface area contributed by atoms with Gasteiger partial charge in [-0.3, -0.25) is 14.3 Å². The van der Waals surface area contributed by atoms with Gasteiger partial charge >= 0.3 is 0 Å². The van der Waals surface area contributed by atoms with Crippen molar-refractivity contribution in [3.63, 3.8) is 0 Å². The average Bonchev–Trinajstić information content (AvgIpc) is 3.28. The van der Waals surface area contributed by atoms with Crippen molar-refractivity contribution in [3.05, 3.63) is 47.0 Å². The molecule has 150 valence electrons. The van der Waals surface area contributed by atoms with Crippen molar-refractivity contribution in [3.8, 4) is 6.07 Å². The summed E-state index contributed by atoms with van der Waals surface area (Å²) in [5.74, 6) is -5.35. The van der Waals surface area contributed by atoms with Crippen LogP contribution in [0.15, 0.2) is 18.3 Å². The van der Waals surface area contributed by atoms with Crippen LogP contribution in [0.5, 0.6) is 0 Å². The topological polar surface area (TPSA) is 79.0 Å². The lowest BCUT2D eigenvalue weighted by molar-refractivity contribution is -0.122. The number of anilines is 1. The molecule has 0 spiro atoms. The Morgan fingerprint density at radius 1 is 1.24 bits per heavy atom. The van der Waals surface area contributed by atoms with Gasteiger partial charge in [-0.2, -0.15) is 10.4 Å². The number of amides is 1. The van der Waals surface area contributed by atoms with Gasteiger partial charge in [-0.05, 0) is 24.1 Å². The number of nitrogens with zero attached hydrogens (tertiary/aromatic N) is 4. The molecule has 0 aliphatic carbocycles. The second-order valence-corrected chi connectivity index (χ2v) is 7.44. The van der Waals surface area contributed by atoms with Crippen LogP contribution in [0.3, 0.4) is 0 Å². The number of ketones is 1. The third-order valence-electron chi connectivity index (χ3n) is 5.53. The van der Waals surface area contributed by atoms with Crippen molar-refractivity contribution in [1.82, 2.24) is 9.78 Å². The average molecular weight is 402 g/mol. The minimum Gasteiger partial charge on any atom is -0.308 e. The zero-order chi connectivity index (χ0) is 20.7. The maximum atomic E-state index is 13.4. The summed E-state index contributed by atoms with van der Waals surface area (Å²) in [4.78, 5) is 26.5. The fourth-order valence-electron chi connectivity index (χ4n) is 4.00. The van der Waals surface area contributed by atoms with Crippen LogP contribution >= 0.6 is 0 Å². The van der Waals surface area contributed by atoms with Gasteiger partial charge in [0.05, 0.1) is 29.6 Å². The van der Waals surface area contributed by atoms with E-state index in [2.05, 4.69) is 11.2 Å². The lowest BCUT2D eigenvalue weighted by Crippen LogP contribution is -2.30. The van der Waals surface area contributed by atoms with Gasteiger partial charge in [-0.25, -0.2) is 13.2 Å². The lowest BCUT2D eigenvalue weighted by Gasteiger charge is -2.25. The summed E-state index contributed by atoms with van der Waals surface area (Å²) < 4.78 is 41.7. The number of Topliss-reactive ketones (excluding diaryl/α,β-unsaturated/α-hetero) is 1. The monoisotopic (exact) mass is 402 g/mol. The summed E-state index contributed by atoms with van der Waals surface area (Å²) in [6.45, 7) is 0.766. The lowest BCUT2D eigenvalue weighted by atomic mass is 9.88. The van der Waals surface area contributed by atoms with Crippen molar-refractivity contribution in [2.45, 2.75) is 32.2 Å². The largest absolute Gasteiger partial charge is 0.308 e. The van der Waals surface area contributed by atoms with E-state index in [4.69, 9.17) is 5.26 Å². The Bertz CT molecular complexity index is 1020. The number of rotatable bonds is 4. The molecule has 1 amide bonds. The van der Waals surface area contributed by atoms with Crippen LogP contribution in [-0.2, 0) is 29.0 Å². The molecule has 0 saturated carbocycles. The minimum absolute atomic E-state index is 0.0808. The quantitative estimate of drug-likeness (QED) is 0.737. The zero-order valence-electron chi connectivity index (χ0n) is 15.4. The van der Waals surface area contributed by atoms with E-state index in [0.717, 1.165) is 17.8 Å². The first kappa shape index (κ1) is 19.2. The molecule has 1 aromatic carbocycles. The van der Waals surface area contributed by atoms with Crippen LogP contribution in [0.1, 0.15) is 24.1 Å². The summed E-state index contributed by atoms with van der Waals surface area (Å²) in [6, 6.07) is 3.77. The maximum Gasteiger partial charge on any atom is 0.228 e. The fourth-order valence-corrected chi connectivity index (χ4v) is 4.00. The number of hydrogen-bond acceptors (Lipinski definition) is 4. The predicted octanol–water partition coefficient (Wildman–Crippen LogP) is 2.55. The Balaban J connectivity index is 1.52. The first-order valence-corrected chi connectivity index (χ1v) is 9.28. The highest BCUT2D eigenvalue weighted by atomic mass is 19.2. The third kappa shape index (κ3) is 3.50. The van der Waals surface area contributed by atoms with Crippen LogP contribution in [-0.4, -0.2) is 28.0 Å². The molecule has 2 aliphatic rings. The second kappa shape index (κ2) is 7.35. The van der Waals surface area contributed by atoms with E-state index in [0.29, 0.717) is 31.6 Å². The van der Waals surface area contributed by atoms with Gasteiger partial charge in [0, 0.05) is 38.3 Å². The number of hydrogen-bond donors (Lipinski definition) is 0. The van der Waals surface area contributed by atoms with Gasteiger partial charge in [0.1, 0.15) is 5.78 Å². The summed E-state index contributed by atoms with van der Waals surface area (Å²) >= 11 is 0. The summed E-state index contributed by atoms with van der Waals surface area (Å²) in [5, 5.41) is 13.4. The van der Waals surface area contributed by atoms with Gasteiger partial charge in [0.2, 0.25) is 5.91 Å². The second-order valence-electron chi connectivity index (χ2n) is 7.44. The zero-order valence-corrected chi connectivity index (χ0v) is 15.4. The predicted molar refractivity (Wildman–Crippen MR) is 95.1 cm³/mol. The van der Waals surface area contributed by atoms with E-state index in [1.54, 1.807) is 10.9 Å². The Kier molecular flexibility index (Phi) is 4.86. The van der Waals surface area contributed by atoms with E-state index >= 15 is 0 Å². The molecule has 4 rings (SSSR count). The number of halogens is 3. The van der Waals surface area contributed by atoms with E-state index in [1.807, 2.05) is 0 Å². The molecule has 1 aromatic heterocycles. The van der Waals surface area contributed by atoms with Crippen molar-refractivity contribution in [2.24, 2.45) is 11.8 Å². The highest BCUT2D eigenvalue weighted by molar-refractivity contribution is 5.96. The number of fused-ring (bicyclic) bond motifs is 1. The molecular formula is C20H17F3N4O2. The SMILES string of the molecule is N#CC1CC(=O)N(c2cnn3c2CC(C(=O)Cc2cc(F)c(F)c(F)c2)CC3)C1. The van der Waals surface area contributed by atoms with Gasteiger partial charge < -0.3 is 4.90 Å². The highest BCUT2D eigenvalue weighted by Gasteiger charge is 2.35. The smallest absolute Gasteiger partial charge is 0.228 e. The van der Waals surface area contributed by atoms with E-state index in [9.17, 15) is 22.8 Å². The van der Waals surface area contributed by atoms with E-state index in [1.165, 1.54) is 4.90 Å². The van der Waals surface area contributed by atoms with Crippen LogP contribution in [0.2, 0.25) is 0 Å².